The molecule has 31 heavy (non-hydrogen) atoms. The Labute approximate surface area is 183 Å². The van der Waals surface area contributed by atoms with E-state index in [1.807, 2.05) is 24.3 Å². The summed E-state index contributed by atoms with van der Waals surface area (Å²) >= 11 is 0. The molecule has 0 saturated carbocycles. The molecule has 6 nitrogen and oxygen atoms in total. The smallest absolute Gasteiger partial charge is 0.307 e. The van der Waals surface area contributed by atoms with Crippen LogP contribution in [0.4, 0.5) is 5.69 Å². The van der Waals surface area contributed by atoms with Gasteiger partial charge in [-0.05, 0) is 25.0 Å². The van der Waals surface area contributed by atoms with E-state index in [1.165, 1.54) is 5.69 Å². The molecule has 0 radical (unpaired) electrons. The van der Waals surface area contributed by atoms with E-state index in [-0.39, 0.29) is 12.1 Å². The molecule has 2 aromatic rings. The number of morpholine rings is 1. The average Bonchev–Trinajstić information content (AvgIpc) is 3.07. The Balaban J connectivity index is 1.25. The number of carbonyl (C=O) groups is 1. The van der Waals surface area contributed by atoms with E-state index < -0.39 is 0 Å². The number of rotatable bonds is 5. The zero-order chi connectivity index (χ0) is 21.2. The molecule has 1 unspecified atom stereocenters. The van der Waals surface area contributed by atoms with Gasteiger partial charge in [0.05, 0.1) is 31.3 Å². The zero-order valence-electron chi connectivity index (χ0n) is 17.8. The molecule has 3 aliphatic rings. The summed E-state index contributed by atoms with van der Waals surface area (Å²) in [7, 11) is 0. The molecule has 0 aliphatic carbocycles. The molecular weight excluding hydrogens is 390 g/mol. The Kier molecular flexibility index (Phi) is 5.80. The zero-order valence-corrected chi connectivity index (χ0v) is 17.8. The van der Waals surface area contributed by atoms with E-state index in [1.54, 1.807) is 0 Å². The minimum Gasteiger partial charge on any atom is -0.462 e. The third-order valence-corrected chi connectivity index (χ3v) is 7.02. The molecule has 3 aliphatic heterocycles. The maximum Gasteiger partial charge on any atom is 0.307 e. The first-order chi connectivity index (χ1) is 15.2. The van der Waals surface area contributed by atoms with Gasteiger partial charge >= 0.3 is 5.97 Å². The van der Waals surface area contributed by atoms with Crippen molar-refractivity contribution in [2.45, 2.75) is 50.3 Å². The number of hydrogen-bond donors (Lipinski definition) is 0. The summed E-state index contributed by atoms with van der Waals surface area (Å²) in [5.74, 6) is -0.0758. The topological polar surface area (TPSA) is 65.8 Å². The number of piperidine rings is 1. The van der Waals surface area contributed by atoms with Crippen molar-refractivity contribution in [2.24, 2.45) is 0 Å². The number of nitriles is 1. The molecule has 0 spiro atoms. The van der Waals surface area contributed by atoms with E-state index in [4.69, 9.17) is 9.47 Å². The summed E-state index contributed by atoms with van der Waals surface area (Å²) in [6.45, 7) is 4.05. The summed E-state index contributed by atoms with van der Waals surface area (Å²) in [6, 6.07) is 15.3. The van der Waals surface area contributed by atoms with Crippen LogP contribution in [0, 0.1) is 11.3 Å². The van der Waals surface area contributed by atoms with Gasteiger partial charge in [-0.3, -0.25) is 9.69 Å². The number of esters is 1. The highest BCUT2D eigenvalue weighted by molar-refractivity contribution is 5.98. The molecular formula is C25H29N3O3. The first kappa shape index (κ1) is 20.3. The van der Waals surface area contributed by atoms with Crippen molar-refractivity contribution in [3.05, 3.63) is 42.0 Å². The third-order valence-electron chi connectivity index (χ3n) is 7.02. The number of nitrogens with zero attached hydrogens (tertiary/aromatic N) is 3. The van der Waals surface area contributed by atoms with Crippen LogP contribution in [-0.4, -0.2) is 61.9 Å². The van der Waals surface area contributed by atoms with Gasteiger partial charge in [0.25, 0.3) is 0 Å². The predicted molar refractivity (Wildman–Crippen MR) is 119 cm³/mol. The van der Waals surface area contributed by atoms with Crippen LogP contribution in [0.5, 0.6) is 0 Å². The Hall–Kier alpha value is -2.62. The van der Waals surface area contributed by atoms with Gasteiger partial charge in [0.15, 0.2) is 0 Å². The van der Waals surface area contributed by atoms with Gasteiger partial charge in [0, 0.05) is 61.0 Å². The minimum atomic E-state index is -0.0758. The molecule has 0 aromatic heterocycles. The van der Waals surface area contributed by atoms with Crippen LogP contribution in [0.2, 0.25) is 0 Å². The summed E-state index contributed by atoms with van der Waals surface area (Å²) < 4.78 is 11.3. The molecule has 3 saturated heterocycles. The van der Waals surface area contributed by atoms with E-state index in [0.29, 0.717) is 18.5 Å². The molecule has 2 bridgehead atoms. The van der Waals surface area contributed by atoms with E-state index in [2.05, 4.69) is 28.0 Å². The Morgan fingerprint density at radius 3 is 2.48 bits per heavy atom. The highest BCUT2D eigenvalue weighted by Gasteiger charge is 2.42. The van der Waals surface area contributed by atoms with E-state index in [0.717, 1.165) is 74.9 Å². The maximum atomic E-state index is 12.5. The van der Waals surface area contributed by atoms with Crippen molar-refractivity contribution in [2.75, 3.05) is 37.7 Å². The molecule has 5 rings (SSSR count). The van der Waals surface area contributed by atoms with Gasteiger partial charge in [0.1, 0.15) is 6.10 Å². The maximum absolute atomic E-state index is 12.5. The summed E-state index contributed by atoms with van der Waals surface area (Å²) in [5.41, 5.74) is 1.93. The van der Waals surface area contributed by atoms with Gasteiger partial charge in [-0.25, -0.2) is 0 Å². The second-order valence-corrected chi connectivity index (χ2v) is 8.87. The van der Waals surface area contributed by atoms with Crippen LogP contribution >= 0.6 is 0 Å². The van der Waals surface area contributed by atoms with E-state index >= 15 is 0 Å². The van der Waals surface area contributed by atoms with Crippen molar-refractivity contribution in [1.29, 1.82) is 5.26 Å². The molecule has 2 aromatic carbocycles. The molecule has 3 fully saturated rings. The molecule has 0 N–H and O–H groups in total. The number of anilines is 1. The van der Waals surface area contributed by atoms with Gasteiger partial charge in [-0.15, -0.1) is 0 Å². The van der Waals surface area contributed by atoms with Gasteiger partial charge in [-0.2, -0.15) is 5.26 Å². The predicted octanol–water partition coefficient (Wildman–Crippen LogP) is 3.48. The highest BCUT2D eigenvalue weighted by Crippen LogP contribution is 2.43. The van der Waals surface area contributed by atoms with Gasteiger partial charge in [0.2, 0.25) is 0 Å². The van der Waals surface area contributed by atoms with Crippen LogP contribution in [0.3, 0.4) is 0 Å². The summed E-state index contributed by atoms with van der Waals surface area (Å²) in [6.07, 6.45) is 4.48. The molecule has 162 valence electrons. The lowest BCUT2D eigenvalue weighted by Crippen LogP contribution is -2.46. The number of ether oxygens (including phenoxy) is 2. The normalized spacial score (nSPS) is 26.0. The summed E-state index contributed by atoms with van der Waals surface area (Å²) in [4.78, 5) is 17.3. The van der Waals surface area contributed by atoms with Gasteiger partial charge in [-0.1, -0.05) is 24.3 Å². The lowest BCUT2D eigenvalue weighted by Gasteiger charge is -2.40. The number of benzene rings is 2. The lowest BCUT2D eigenvalue weighted by atomic mass is 9.96. The Morgan fingerprint density at radius 1 is 1.06 bits per heavy atom. The lowest BCUT2D eigenvalue weighted by molar-refractivity contribution is -0.151. The van der Waals surface area contributed by atoms with E-state index in [9.17, 15) is 10.1 Å². The first-order valence-corrected chi connectivity index (χ1v) is 11.4. The van der Waals surface area contributed by atoms with Crippen LogP contribution in [0.15, 0.2) is 36.4 Å². The van der Waals surface area contributed by atoms with Crippen LogP contribution in [0.1, 0.15) is 37.7 Å². The fourth-order valence-corrected chi connectivity index (χ4v) is 5.54. The minimum absolute atomic E-state index is 0.00980. The molecule has 6 heteroatoms. The van der Waals surface area contributed by atoms with Crippen molar-refractivity contribution in [3.8, 4) is 6.07 Å². The largest absolute Gasteiger partial charge is 0.462 e. The number of fused-ring (bicyclic) bond motifs is 3. The molecule has 3 atom stereocenters. The monoisotopic (exact) mass is 419 g/mol. The van der Waals surface area contributed by atoms with Crippen LogP contribution in [0.25, 0.3) is 10.8 Å². The number of hydrogen-bond acceptors (Lipinski definition) is 6. The fraction of sp³-hybridized carbons (Fsp3) is 0.520. The van der Waals surface area contributed by atoms with Crippen LogP contribution < -0.4 is 4.90 Å². The van der Waals surface area contributed by atoms with Crippen molar-refractivity contribution >= 4 is 22.4 Å². The second-order valence-electron chi connectivity index (χ2n) is 8.87. The standard InChI is InChI=1S/C25H29N3O3/c26-17-18-5-8-24(23-4-2-1-3-22(18)23)28-19-6-7-20(28)16-21(15-19)31-25(29)9-10-27-11-13-30-14-12-27/h1-5,8,19-21H,6-7,9-16H2/t19-,20+,21?. The second kappa shape index (κ2) is 8.86. The quantitative estimate of drug-likeness (QED) is 0.692. The Bertz CT molecular complexity index is 981. The van der Waals surface area contributed by atoms with Crippen molar-refractivity contribution in [1.82, 2.24) is 4.90 Å². The third kappa shape index (κ3) is 4.13. The highest BCUT2D eigenvalue weighted by atomic mass is 16.5. The van der Waals surface area contributed by atoms with Crippen LogP contribution in [-0.2, 0) is 14.3 Å². The number of carbonyl (C=O) groups excluding carboxylic acids is 1. The summed E-state index contributed by atoms with van der Waals surface area (Å²) in [5, 5.41) is 11.6. The Morgan fingerprint density at radius 2 is 1.77 bits per heavy atom. The molecule has 3 heterocycles. The van der Waals surface area contributed by atoms with Crippen molar-refractivity contribution < 1.29 is 14.3 Å². The average molecular weight is 420 g/mol. The van der Waals surface area contributed by atoms with Gasteiger partial charge < -0.3 is 14.4 Å². The molecule has 0 amide bonds. The first-order valence-electron chi connectivity index (χ1n) is 11.4. The fourth-order valence-electron chi connectivity index (χ4n) is 5.54. The van der Waals surface area contributed by atoms with Crippen molar-refractivity contribution in [3.63, 3.8) is 0 Å². The SMILES string of the molecule is N#Cc1ccc(N2[C@@H]3CC[C@H]2CC(OC(=O)CCN2CCOCC2)C3)c2ccccc12.